The summed E-state index contributed by atoms with van der Waals surface area (Å²) in [5.41, 5.74) is 3.62. The first kappa shape index (κ1) is 13.2. The molecule has 1 N–H and O–H groups in total. The lowest BCUT2D eigenvalue weighted by Gasteiger charge is -2.28. The van der Waals surface area contributed by atoms with Crippen LogP contribution in [0.2, 0.25) is 0 Å². The summed E-state index contributed by atoms with van der Waals surface area (Å²) >= 11 is 0. The maximum atomic E-state index is 12.5. The van der Waals surface area contributed by atoms with E-state index in [0.29, 0.717) is 13.2 Å². The standard InChI is InChI=1S/C16H20N2O2/c1-20-11-12-6-8-18(9-7-12)16(19)15-10-13-4-2-3-5-14(13)17-15/h2-6,15,17H,7-11H2,1H3/t15-/m0/s1. The summed E-state index contributed by atoms with van der Waals surface area (Å²) in [5.74, 6) is 0.203. The van der Waals surface area contributed by atoms with Crippen LogP contribution in [0.5, 0.6) is 0 Å². The van der Waals surface area contributed by atoms with Crippen molar-refractivity contribution < 1.29 is 9.53 Å². The average molecular weight is 272 g/mol. The van der Waals surface area contributed by atoms with Crippen molar-refractivity contribution in [3.8, 4) is 0 Å². The third-order valence-electron chi connectivity index (χ3n) is 4.01. The molecule has 2 aliphatic rings. The Bertz CT molecular complexity index is 514. The number of carbonyl (C=O) groups excluding carboxylic acids is 1. The highest BCUT2D eigenvalue weighted by atomic mass is 16.5. The van der Waals surface area contributed by atoms with Crippen LogP contribution >= 0.6 is 0 Å². The fourth-order valence-electron chi connectivity index (χ4n) is 2.90. The molecule has 1 aromatic carbocycles. The summed E-state index contributed by atoms with van der Waals surface area (Å²) in [7, 11) is 1.71. The molecule has 1 amide bonds. The van der Waals surface area contributed by atoms with Gasteiger partial charge in [0.1, 0.15) is 6.04 Å². The first-order valence-electron chi connectivity index (χ1n) is 7.08. The third-order valence-corrected chi connectivity index (χ3v) is 4.01. The van der Waals surface area contributed by atoms with Gasteiger partial charge < -0.3 is 15.0 Å². The number of amides is 1. The number of rotatable bonds is 3. The minimum Gasteiger partial charge on any atom is -0.380 e. The number of anilines is 1. The Balaban J connectivity index is 1.62. The van der Waals surface area contributed by atoms with E-state index in [1.807, 2.05) is 23.1 Å². The molecule has 20 heavy (non-hydrogen) atoms. The number of nitrogens with one attached hydrogen (secondary N) is 1. The second-order valence-electron chi connectivity index (χ2n) is 5.39. The van der Waals surface area contributed by atoms with Gasteiger partial charge in [-0.1, -0.05) is 24.3 Å². The molecule has 2 heterocycles. The quantitative estimate of drug-likeness (QED) is 0.854. The second-order valence-corrected chi connectivity index (χ2v) is 5.39. The van der Waals surface area contributed by atoms with E-state index in [9.17, 15) is 4.79 Å². The SMILES string of the molecule is COCC1=CCN(C(=O)[C@@H]2Cc3ccccc3N2)CC1. The van der Waals surface area contributed by atoms with Crippen LogP contribution in [0.15, 0.2) is 35.9 Å². The summed E-state index contributed by atoms with van der Waals surface area (Å²) < 4.78 is 5.14. The Morgan fingerprint density at radius 2 is 2.30 bits per heavy atom. The van der Waals surface area contributed by atoms with Crippen molar-refractivity contribution in [2.24, 2.45) is 0 Å². The lowest BCUT2D eigenvalue weighted by Crippen LogP contribution is -2.44. The van der Waals surface area contributed by atoms with Crippen LogP contribution in [0.25, 0.3) is 0 Å². The molecule has 0 aromatic heterocycles. The van der Waals surface area contributed by atoms with Crippen LogP contribution < -0.4 is 5.32 Å². The number of nitrogens with zero attached hydrogens (tertiary/aromatic N) is 1. The first-order valence-corrected chi connectivity index (χ1v) is 7.08. The fourth-order valence-corrected chi connectivity index (χ4v) is 2.90. The van der Waals surface area contributed by atoms with Gasteiger partial charge in [0.2, 0.25) is 5.91 Å². The van der Waals surface area contributed by atoms with Gasteiger partial charge in [-0.2, -0.15) is 0 Å². The highest BCUT2D eigenvalue weighted by Crippen LogP contribution is 2.26. The molecule has 0 aliphatic carbocycles. The topological polar surface area (TPSA) is 41.6 Å². The molecule has 3 rings (SSSR count). The largest absolute Gasteiger partial charge is 0.380 e. The van der Waals surface area contributed by atoms with Gasteiger partial charge in [-0.25, -0.2) is 0 Å². The normalized spacial score (nSPS) is 21.1. The molecule has 1 aromatic rings. The summed E-state index contributed by atoms with van der Waals surface area (Å²) in [6, 6.07) is 8.04. The molecule has 4 nitrogen and oxygen atoms in total. The Morgan fingerprint density at radius 1 is 1.45 bits per heavy atom. The van der Waals surface area contributed by atoms with Gasteiger partial charge in [0.15, 0.2) is 0 Å². The van der Waals surface area contributed by atoms with E-state index >= 15 is 0 Å². The highest BCUT2D eigenvalue weighted by molar-refractivity contribution is 5.87. The van der Waals surface area contributed by atoms with Crippen LogP contribution in [-0.4, -0.2) is 43.7 Å². The maximum Gasteiger partial charge on any atom is 0.245 e. The molecule has 4 heteroatoms. The number of ether oxygens (including phenoxy) is 1. The molecule has 0 saturated carbocycles. The molecule has 2 aliphatic heterocycles. The first-order chi connectivity index (χ1) is 9.78. The predicted molar refractivity (Wildman–Crippen MR) is 78.7 cm³/mol. The molecule has 1 atom stereocenters. The monoisotopic (exact) mass is 272 g/mol. The van der Waals surface area contributed by atoms with Crippen molar-refractivity contribution >= 4 is 11.6 Å². The van der Waals surface area contributed by atoms with Crippen LogP contribution in [0.1, 0.15) is 12.0 Å². The molecule has 0 fully saturated rings. The van der Waals surface area contributed by atoms with E-state index in [1.54, 1.807) is 7.11 Å². The van der Waals surface area contributed by atoms with Gasteiger partial charge in [0.25, 0.3) is 0 Å². The van der Waals surface area contributed by atoms with Crippen LogP contribution in [0, 0.1) is 0 Å². The van der Waals surface area contributed by atoms with Crippen molar-refractivity contribution in [1.29, 1.82) is 0 Å². The molecule has 106 valence electrons. The number of para-hydroxylation sites is 1. The number of hydrogen-bond acceptors (Lipinski definition) is 3. The number of fused-ring (bicyclic) bond motifs is 1. The van der Waals surface area contributed by atoms with E-state index in [2.05, 4.69) is 17.5 Å². The van der Waals surface area contributed by atoms with Gasteiger partial charge in [-0.3, -0.25) is 4.79 Å². The van der Waals surface area contributed by atoms with E-state index in [0.717, 1.165) is 25.1 Å². The zero-order valence-electron chi connectivity index (χ0n) is 11.8. The molecule has 0 unspecified atom stereocenters. The second kappa shape index (κ2) is 5.67. The summed E-state index contributed by atoms with van der Waals surface area (Å²) in [4.78, 5) is 14.5. The maximum absolute atomic E-state index is 12.5. The molecular weight excluding hydrogens is 252 g/mol. The molecule has 0 spiro atoms. The van der Waals surface area contributed by atoms with Crippen LogP contribution in [-0.2, 0) is 16.0 Å². The van der Waals surface area contributed by atoms with Crippen molar-refractivity contribution in [3.05, 3.63) is 41.5 Å². The van der Waals surface area contributed by atoms with Gasteiger partial charge in [-0.05, 0) is 23.6 Å². The number of hydrogen-bond donors (Lipinski definition) is 1. The van der Waals surface area contributed by atoms with Gasteiger partial charge in [0.05, 0.1) is 6.61 Å². The van der Waals surface area contributed by atoms with Gasteiger partial charge in [0, 0.05) is 32.3 Å². The Kier molecular flexibility index (Phi) is 3.74. The van der Waals surface area contributed by atoms with Gasteiger partial charge >= 0.3 is 0 Å². The third kappa shape index (κ3) is 2.56. The number of methoxy groups -OCH3 is 1. The smallest absolute Gasteiger partial charge is 0.245 e. The predicted octanol–water partition coefficient (Wildman–Crippen LogP) is 1.83. The lowest BCUT2D eigenvalue weighted by molar-refractivity contribution is -0.131. The zero-order valence-corrected chi connectivity index (χ0v) is 11.8. The molecule has 0 saturated heterocycles. The summed E-state index contributed by atoms with van der Waals surface area (Å²) in [5, 5.41) is 3.33. The number of carbonyl (C=O) groups is 1. The summed E-state index contributed by atoms with van der Waals surface area (Å²) in [6.07, 6.45) is 3.83. The van der Waals surface area contributed by atoms with E-state index in [4.69, 9.17) is 4.74 Å². The Morgan fingerprint density at radius 3 is 3.00 bits per heavy atom. The molecule has 0 radical (unpaired) electrons. The van der Waals surface area contributed by atoms with E-state index < -0.39 is 0 Å². The number of benzene rings is 1. The van der Waals surface area contributed by atoms with Crippen molar-refractivity contribution in [1.82, 2.24) is 4.90 Å². The Labute approximate surface area is 119 Å². The Hall–Kier alpha value is -1.81. The fraction of sp³-hybridized carbons (Fsp3) is 0.438. The zero-order chi connectivity index (χ0) is 13.9. The molecular formula is C16H20N2O2. The minimum atomic E-state index is -0.107. The minimum absolute atomic E-state index is 0.107. The van der Waals surface area contributed by atoms with Crippen molar-refractivity contribution in [2.45, 2.75) is 18.9 Å². The van der Waals surface area contributed by atoms with E-state index in [1.165, 1.54) is 11.1 Å². The van der Waals surface area contributed by atoms with Crippen molar-refractivity contribution in [2.75, 3.05) is 32.1 Å². The highest BCUT2D eigenvalue weighted by Gasteiger charge is 2.30. The van der Waals surface area contributed by atoms with Crippen LogP contribution in [0.3, 0.4) is 0 Å². The average Bonchev–Trinajstić information content (AvgIpc) is 2.91. The van der Waals surface area contributed by atoms with E-state index in [-0.39, 0.29) is 11.9 Å². The van der Waals surface area contributed by atoms with Gasteiger partial charge in [-0.15, -0.1) is 0 Å². The van der Waals surface area contributed by atoms with Crippen LogP contribution in [0.4, 0.5) is 5.69 Å². The summed E-state index contributed by atoms with van der Waals surface area (Å²) in [6.45, 7) is 2.17. The van der Waals surface area contributed by atoms with Crippen molar-refractivity contribution in [3.63, 3.8) is 0 Å². The lowest BCUT2D eigenvalue weighted by atomic mass is 10.1. The molecule has 0 bridgehead atoms.